The van der Waals surface area contributed by atoms with Gasteiger partial charge < -0.3 is 9.32 Å². The number of benzene rings is 9. The molecule has 0 amide bonds. The number of para-hydroxylation sites is 1. The van der Waals surface area contributed by atoms with Gasteiger partial charge >= 0.3 is 0 Å². The largest absolute Gasteiger partial charge is 0.456 e. The summed E-state index contributed by atoms with van der Waals surface area (Å²) < 4.78 is 6.34. The van der Waals surface area contributed by atoms with Gasteiger partial charge in [-0.15, -0.1) is 0 Å². The quantitative estimate of drug-likeness (QED) is 0.172. The van der Waals surface area contributed by atoms with E-state index in [0.717, 1.165) is 50.5 Å². The fraction of sp³-hybridized carbons (Fsp3) is 0.0204. The monoisotopic (exact) mass is 651 g/mol. The second kappa shape index (κ2) is 11.8. The van der Waals surface area contributed by atoms with Gasteiger partial charge in [-0.1, -0.05) is 140 Å². The minimum Gasteiger partial charge on any atom is -0.456 e. The lowest BCUT2D eigenvalue weighted by atomic mass is 9.97. The summed E-state index contributed by atoms with van der Waals surface area (Å²) in [4.78, 5) is 2.42. The predicted molar refractivity (Wildman–Crippen MR) is 217 cm³/mol. The Morgan fingerprint density at radius 1 is 0.373 bits per heavy atom. The molecule has 2 nitrogen and oxygen atoms in total. The molecule has 0 aliphatic rings. The molecule has 0 fully saturated rings. The van der Waals surface area contributed by atoms with Crippen LogP contribution in [0.5, 0.6) is 0 Å². The van der Waals surface area contributed by atoms with Crippen LogP contribution in [0.4, 0.5) is 17.1 Å². The van der Waals surface area contributed by atoms with E-state index in [2.05, 4.69) is 182 Å². The molecule has 240 valence electrons. The number of rotatable bonds is 5. The van der Waals surface area contributed by atoms with E-state index in [-0.39, 0.29) is 0 Å². The maximum Gasteiger partial charge on any atom is 0.138 e. The summed E-state index contributed by atoms with van der Waals surface area (Å²) in [5.41, 5.74) is 8.85. The lowest BCUT2D eigenvalue weighted by Crippen LogP contribution is -2.10. The van der Waals surface area contributed by atoms with Gasteiger partial charge in [0.1, 0.15) is 11.3 Å². The fourth-order valence-electron chi connectivity index (χ4n) is 7.88. The normalized spacial score (nSPS) is 11.6. The molecule has 2 heteroatoms. The number of hydrogen-bond acceptors (Lipinski definition) is 2. The zero-order valence-corrected chi connectivity index (χ0v) is 28.2. The Morgan fingerprint density at radius 3 is 1.76 bits per heavy atom. The number of furan rings is 1. The van der Waals surface area contributed by atoms with Crippen molar-refractivity contribution >= 4 is 71.1 Å². The summed E-state index contributed by atoms with van der Waals surface area (Å²) in [7, 11) is 0. The molecule has 0 saturated heterocycles. The van der Waals surface area contributed by atoms with Crippen LogP contribution in [0.15, 0.2) is 186 Å². The van der Waals surface area contributed by atoms with Crippen molar-refractivity contribution in [3.05, 3.63) is 188 Å². The molecule has 0 radical (unpaired) electrons. The summed E-state index contributed by atoms with van der Waals surface area (Å²) in [5.74, 6) is 0.924. The van der Waals surface area contributed by atoms with Crippen LogP contribution < -0.4 is 4.90 Å². The van der Waals surface area contributed by atoms with Gasteiger partial charge in [0.05, 0.1) is 5.69 Å². The van der Waals surface area contributed by atoms with Gasteiger partial charge in [0.25, 0.3) is 0 Å². The summed E-state index contributed by atoms with van der Waals surface area (Å²) >= 11 is 0. The average Bonchev–Trinajstić information content (AvgIpc) is 3.54. The second-order valence-electron chi connectivity index (χ2n) is 13.4. The molecule has 0 aliphatic carbocycles. The van der Waals surface area contributed by atoms with E-state index in [1.807, 2.05) is 12.1 Å². The molecule has 0 spiro atoms. The Balaban J connectivity index is 1.13. The number of aryl methyl sites for hydroxylation is 1. The Labute approximate surface area is 296 Å². The van der Waals surface area contributed by atoms with Crippen LogP contribution in [0.1, 0.15) is 5.56 Å². The van der Waals surface area contributed by atoms with E-state index >= 15 is 0 Å². The van der Waals surface area contributed by atoms with Crippen LogP contribution in [0.3, 0.4) is 0 Å². The molecule has 0 bridgehead atoms. The Kier molecular flexibility index (Phi) is 6.75. The van der Waals surface area contributed by atoms with Crippen LogP contribution >= 0.6 is 0 Å². The first-order valence-electron chi connectivity index (χ1n) is 17.5. The third kappa shape index (κ3) is 4.87. The second-order valence-corrected chi connectivity index (χ2v) is 13.4. The molecule has 9 aromatic carbocycles. The van der Waals surface area contributed by atoms with Crippen molar-refractivity contribution in [3.63, 3.8) is 0 Å². The molecule has 0 unspecified atom stereocenters. The predicted octanol–water partition coefficient (Wildman–Crippen LogP) is 14.2. The van der Waals surface area contributed by atoms with Crippen LogP contribution in [0.25, 0.3) is 76.5 Å². The first-order chi connectivity index (χ1) is 25.2. The van der Waals surface area contributed by atoms with Crippen LogP contribution in [0.2, 0.25) is 0 Å². The lowest BCUT2D eigenvalue weighted by Gasteiger charge is -2.28. The summed E-state index contributed by atoms with van der Waals surface area (Å²) in [6.45, 7) is 2.14. The fourth-order valence-corrected chi connectivity index (χ4v) is 7.88. The topological polar surface area (TPSA) is 16.4 Å². The minimum atomic E-state index is 0.919. The maximum absolute atomic E-state index is 6.34. The van der Waals surface area contributed by atoms with Gasteiger partial charge in [-0.05, 0) is 98.2 Å². The van der Waals surface area contributed by atoms with Gasteiger partial charge in [0.2, 0.25) is 0 Å². The summed E-state index contributed by atoms with van der Waals surface area (Å²) in [6.07, 6.45) is 0. The van der Waals surface area contributed by atoms with Crippen molar-refractivity contribution in [3.8, 4) is 22.5 Å². The highest BCUT2D eigenvalue weighted by Crippen LogP contribution is 2.44. The molecule has 0 saturated carbocycles. The molecule has 10 rings (SSSR count). The van der Waals surface area contributed by atoms with Crippen molar-refractivity contribution in [2.45, 2.75) is 6.92 Å². The van der Waals surface area contributed by atoms with Crippen LogP contribution in [-0.4, -0.2) is 0 Å². The molecule has 0 N–H and O–H groups in total. The molecule has 0 atom stereocenters. The van der Waals surface area contributed by atoms with Crippen LogP contribution in [-0.2, 0) is 0 Å². The molecular weight excluding hydrogens is 619 g/mol. The van der Waals surface area contributed by atoms with Crippen molar-refractivity contribution in [1.82, 2.24) is 0 Å². The standard InChI is InChI=1S/C49H33NO/c1-32-41-15-8-9-20-48(41)51-49(32)38-14-10-13-35(29-38)33-23-25-39(26-24-33)50(40-27-28-44-37(30-40)22-21-34-11-2-4-16-42(34)44)47-31-36-12-3-5-17-43(36)45-18-6-7-19-46(45)47/h2-31H,1H3. The molecule has 10 aromatic rings. The van der Waals surface area contributed by atoms with E-state index in [1.54, 1.807) is 0 Å². The first kappa shape index (κ1) is 29.3. The number of anilines is 3. The SMILES string of the molecule is Cc1c(-c2cccc(-c3ccc(N(c4ccc5c(ccc6ccccc65)c4)c4cc5ccccc5c5ccccc45)cc3)c2)oc2ccccc12. The van der Waals surface area contributed by atoms with Gasteiger partial charge in [0, 0.05) is 33.3 Å². The first-order valence-corrected chi connectivity index (χ1v) is 17.5. The van der Waals surface area contributed by atoms with Gasteiger partial charge in [-0.25, -0.2) is 0 Å². The third-order valence-electron chi connectivity index (χ3n) is 10.4. The molecule has 0 aliphatic heterocycles. The highest BCUT2D eigenvalue weighted by molar-refractivity contribution is 6.15. The Morgan fingerprint density at radius 2 is 0.961 bits per heavy atom. The van der Waals surface area contributed by atoms with E-state index in [9.17, 15) is 0 Å². The zero-order chi connectivity index (χ0) is 33.9. The van der Waals surface area contributed by atoms with E-state index in [4.69, 9.17) is 4.42 Å². The lowest BCUT2D eigenvalue weighted by molar-refractivity contribution is 0.629. The highest BCUT2D eigenvalue weighted by Gasteiger charge is 2.19. The summed E-state index contributed by atoms with van der Waals surface area (Å²) in [5, 5.41) is 11.1. The Hall–Kier alpha value is -6.64. The van der Waals surface area contributed by atoms with Crippen molar-refractivity contribution < 1.29 is 4.42 Å². The zero-order valence-electron chi connectivity index (χ0n) is 28.2. The molecule has 51 heavy (non-hydrogen) atoms. The number of hydrogen-bond donors (Lipinski definition) is 0. The van der Waals surface area contributed by atoms with E-state index in [1.165, 1.54) is 48.7 Å². The number of fused-ring (bicyclic) bond motifs is 7. The van der Waals surface area contributed by atoms with Crippen LogP contribution in [0, 0.1) is 6.92 Å². The third-order valence-corrected chi connectivity index (χ3v) is 10.4. The highest BCUT2D eigenvalue weighted by atomic mass is 16.3. The smallest absolute Gasteiger partial charge is 0.138 e. The molecule has 1 heterocycles. The number of nitrogens with zero attached hydrogens (tertiary/aromatic N) is 1. The Bertz CT molecular complexity index is 2930. The van der Waals surface area contributed by atoms with Gasteiger partial charge in [-0.2, -0.15) is 0 Å². The van der Waals surface area contributed by atoms with E-state index in [0.29, 0.717) is 0 Å². The van der Waals surface area contributed by atoms with Crippen molar-refractivity contribution in [2.75, 3.05) is 4.90 Å². The molecule has 1 aromatic heterocycles. The molecular formula is C49H33NO. The summed E-state index contributed by atoms with van der Waals surface area (Å²) in [6, 6.07) is 65.7. The average molecular weight is 652 g/mol. The van der Waals surface area contributed by atoms with Crippen molar-refractivity contribution in [1.29, 1.82) is 0 Å². The van der Waals surface area contributed by atoms with Gasteiger partial charge in [-0.3, -0.25) is 0 Å². The van der Waals surface area contributed by atoms with E-state index < -0.39 is 0 Å². The minimum absolute atomic E-state index is 0.919. The van der Waals surface area contributed by atoms with Gasteiger partial charge in [0.15, 0.2) is 0 Å². The maximum atomic E-state index is 6.34. The van der Waals surface area contributed by atoms with Crippen molar-refractivity contribution in [2.24, 2.45) is 0 Å².